The number of nitrogens with two attached hydrogens (primary N) is 1. The van der Waals surface area contributed by atoms with Crippen LogP contribution in [0, 0.1) is 13.8 Å². The maximum Gasteiger partial charge on any atom is 0.137 e. The van der Waals surface area contributed by atoms with Crippen LogP contribution in [0.15, 0.2) is 48.8 Å². The number of hydrogen-bond donors (Lipinski definition) is 1. The predicted molar refractivity (Wildman–Crippen MR) is 95.6 cm³/mol. The fourth-order valence-electron chi connectivity index (χ4n) is 2.62. The molecular weight excluding hydrogens is 304 g/mol. The number of thiazole rings is 1. The topological polar surface area (TPSA) is 56.2 Å². The third-order valence-electron chi connectivity index (χ3n) is 3.97. The van der Waals surface area contributed by atoms with Crippen molar-refractivity contribution in [3.8, 4) is 21.8 Å². The number of aryl methyl sites for hydroxylation is 2. The van der Waals surface area contributed by atoms with Gasteiger partial charge in [0.25, 0.3) is 0 Å². The molecule has 2 N–H and O–H groups in total. The Kier molecular flexibility index (Phi) is 3.16. The van der Waals surface area contributed by atoms with Crippen LogP contribution in [-0.4, -0.2) is 14.4 Å². The summed E-state index contributed by atoms with van der Waals surface area (Å²) in [5.74, 6) is 0. The number of nitrogens with zero attached hydrogens (tertiary/aromatic N) is 3. The first-order valence-electron chi connectivity index (χ1n) is 7.39. The van der Waals surface area contributed by atoms with Crippen molar-refractivity contribution < 1.29 is 0 Å². The van der Waals surface area contributed by atoms with Crippen molar-refractivity contribution in [2.45, 2.75) is 13.8 Å². The molecule has 4 aromatic rings. The first kappa shape index (κ1) is 14.0. The van der Waals surface area contributed by atoms with Crippen LogP contribution in [0.5, 0.6) is 0 Å². The molecule has 0 fully saturated rings. The zero-order valence-corrected chi connectivity index (χ0v) is 13.8. The standard InChI is InChI=1S/C18H16N4S/c1-11-12(2)23-18(21-11)14-6-7-22-16(10-20-17(22)9-14)13-4-3-5-15(19)8-13/h3-10H,19H2,1-2H3. The highest BCUT2D eigenvalue weighted by atomic mass is 32.1. The predicted octanol–water partition coefficient (Wildman–Crippen LogP) is 4.32. The molecule has 0 saturated heterocycles. The summed E-state index contributed by atoms with van der Waals surface area (Å²) in [5.41, 5.74) is 11.8. The molecule has 1 aromatic carbocycles. The Balaban J connectivity index is 1.83. The van der Waals surface area contributed by atoms with Crippen LogP contribution in [0.1, 0.15) is 10.6 Å². The maximum absolute atomic E-state index is 5.89. The van der Waals surface area contributed by atoms with Gasteiger partial charge in [0, 0.05) is 27.9 Å². The normalized spacial score (nSPS) is 11.2. The van der Waals surface area contributed by atoms with E-state index in [2.05, 4.69) is 33.4 Å². The summed E-state index contributed by atoms with van der Waals surface area (Å²) >= 11 is 1.72. The van der Waals surface area contributed by atoms with Crippen molar-refractivity contribution in [2.75, 3.05) is 5.73 Å². The zero-order chi connectivity index (χ0) is 16.0. The average Bonchev–Trinajstić information content (AvgIpc) is 3.10. The van der Waals surface area contributed by atoms with E-state index in [-0.39, 0.29) is 0 Å². The highest BCUT2D eigenvalue weighted by Gasteiger charge is 2.10. The highest BCUT2D eigenvalue weighted by molar-refractivity contribution is 7.15. The van der Waals surface area contributed by atoms with Crippen LogP contribution >= 0.6 is 11.3 Å². The number of fused-ring (bicyclic) bond motifs is 1. The number of anilines is 1. The number of rotatable bonds is 2. The minimum Gasteiger partial charge on any atom is -0.399 e. The van der Waals surface area contributed by atoms with Gasteiger partial charge < -0.3 is 5.73 Å². The third-order valence-corrected chi connectivity index (χ3v) is 5.09. The van der Waals surface area contributed by atoms with Crippen molar-refractivity contribution in [3.63, 3.8) is 0 Å². The summed E-state index contributed by atoms with van der Waals surface area (Å²) in [6.45, 7) is 4.14. The second kappa shape index (κ2) is 5.21. The SMILES string of the molecule is Cc1nc(-c2ccn3c(-c4cccc(N)c4)cnc3c2)sc1C. The van der Waals surface area contributed by atoms with Gasteiger partial charge in [0.15, 0.2) is 0 Å². The Morgan fingerprint density at radius 1 is 1.09 bits per heavy atom. The Bertz CT molecular complexity index is 993. The van der Waals surface area contributed by atoms with Crippen molar-refractivity contribution in [2.24, 2.45) is 0 Å². The average molecular weight is 320 g/mol. The Labute approximate surface area is 138 Å². The Hall–Kier alpha value is -2.66. The molecule has 4 rings (SSSR count). The van der Waals surface area contributed by atoms with Gasteiger partial charge >= 0.3 is 0 Å². The lowest BCUT2D eigenvalue weighted by atomic mass is 10.1. The lowest BCUT2D eigenvalue weighted by Gasteiger charge is -2.04. The fourth-order valence-corrected chi connectivity index (χ4v) is 3.53. The van der Waals surface area contributed by atoms with Crippen LogP contribution in [0.25, 0.3) is 27.5 Å². The minimum atomic E-state index is 0.753. The van der Waals surface area contributed by atoms with Crippen LogP contribution in [-0.2, 0) is 0 Å². The van der Waals surface area contributed by atoms with Gasteiger partial charge in [-0.05, 0) is 38.1 Å². The van der Waals surface area contributed by atoms with Gasteiger partial charge in [-0.25, -0.2) is 9.97 Å². The first-order valence-corrected chi connectivity index (χ1v) is 8.21. The van der Waals surface area contributed by atoms with Gasteiger partial charge in [-0.1, -0.05) is 12.1 Å². The number of benzene rings is 1. The van der Waals surface area contributed by atoms with Gasteiger partial charge in [-0.3, -0.25) is 4.40 Å². The van der Waals surface area contributed by atoms with Crippen LogP contribution < -0.4 is 5.73 Å². The molecule has 0 atom stereocenters. The second-order valence-corrected chi connectivity index (χ2v) is 6.78. The van der Waals surface area contributed by atoms with Crippen molar-refractivity contribution in [1.29, 1.82) is 0 Å². The third kappa shape index (κ3) is 2.39. The molecule has 3 heterocycles. The van der Waals surface area contributed by atoms with E-state index in [0.717, 1.165) is 38.9 Å². The zero-order valence-electron chi connectivity index (χ0n) is 12.9. The van der Waals surface area contributed by atoms with E-state index in [0.29, 0.717) is 0 Å². The minimum absolute atomic E-state index is 0.753. The lowest BCUT2D eigenvalue weighted by molar-refractivity contribution is 1.18. The molecule has 23 heavy (non-hydrogen) atoms. The smallest absolute Gasteiger partial charge is 0.137 e. The molecule has 0 bridgehead atoms. The maximum atomic E-state index is 5.89. The summed E-state index contributed by atoms with van der Waals surface area (Å²) in [6.07, 6.45) is 3.93. The molecule has 0 unspecified atom stereocenters. The number of pyridine rings is 1. The number of aromatic nitrogens is 3. The Morgan fingerprint density at radius 2 is 1.96 bits per heavy atom. The molecular formula is C18H16N4S. The highest BCUT2D eigenvalue weighted by Crippen LogP contribution is 2.29. The van der Waals surface area contributed by atoms with Crippen molar-refractivity contribution >= 4 is 22.7 Å². The molecule has 0 saturated carbocycles. The summed E-state index contributed by atoms with van der Waals surface area (Å²) in [4.78, 5) is 10.4. The van der Waals surface area contributed by atoms with E-state index >= 15 is 0 Å². The van der Waals surface area contributed by atoms with E-state index in [1.165, 1.54) is 4.88 Å². The van der Waals surface area contributed by atoms with Gasteiger partial charge in [0.05, 0.1) is 17.6 Å². The summed E-state index contributed by atoms with van der Waals surface area (Å²) in [6, 6.07) is 12.0. The van der Waals surface area contributed by atoms with Crippen LogP contribution in [0.3, 0.4) is 0 Å². The van der Waals surface area contributed by atoms with E-state index in [9.17, 15) is 0 Å². The second-order valence-electron chi connectivity index (χ2n) is 5.57. The largest absolute Gasteiger partial charge is 0.399 e. The quantitative estimate of drug-likeness (QED) is 0.559. The number of nitrogen functional groups attached to an aromatic ring is 1. The van der Waals surface area contributed by atoms with E-state index in [4.69, 9.17) is 5.73 Å². The summed E-state index contributed by atoms with van der Waals surface area (Å²) in [5, 5.41) is 1.04. The van der Waals surface area contributed by atoms with E-state index in [1.807, 2.05) is 43.6 Å². The Morgan fingerprint density at radius 3 is 2.70 bits per heavy atom. The van der Waals surface area contributed by atoms with Gasteiger partial charge in [-0.2, -0.15) is 0 Å². The van der Waals surface area contributed by atoms with E-state index < -0.39 is 0 Å². The molecule has 0 aliphatic carbocycles. The summed E-state index contributed by atoms with van der Waals surface area (Å²) in [7, 11) is 0. The molecule has 3 aromatic heterocycles. The lowest BCUT2D eigenvalue weighted by Crippen LogP contribution is -1.90. The molecule has 0 aliphatic rings. The number of imidazole rings is 1. The molecule has 4 nitrogen and oxygen atoms in total. The monoisotopic (exact) mass is 320 g/mol. The molecule has 0 amide bonds. The van der Waals surface area contributed by atoms with Crippen molar-refractivity contribution in [1.82, 2.24) is 14.4 Å². The molecule has 0 radical (unpaired) electrons. The number of hydrogen-bond acceptors (Lipinski definition) is 4. The first-order chi connectivity index (χ1) is 11.1. The van der Waals surface area contributed by atoms with Gasteiger partial charge in [0.2, 0.25) is 0 Å². The molecule has 114 valence electrons. The molecule has 5 heteroatoms. The van der Waals surface area contributed by atoms with Crippen molar-refractivity contribution in [3.05, 3.63) is 59.4 Å². The van der Waals surface area contributed by atoms with Crippen LogP contribution in [0.2, 0.25) is 0 Å². The summed E-state index contributed by atoms with van der Waals surface area (Å²) < 4.78 is 2.07. The van der Waals surface area contributed by atoms with Gasteiger partial charge in [-0.15, -0.1) is 11.3 Å². The van der Waals surface area contributed by atoms with E-state index in [1.54, 1.807) is 11.3 Å². The molecule has 0 spiro atoms. The molecule has 0 aliphatic heterocycles. The fraction of sp³-hybridized carbons (Fsp3) is 0.111. The van der Waals surface area contributed by atoms with Crippen LogP contribution in [0.4, 0.5) is 5.69 Å². The van der Waals surface area contributed by atoms with Gasteiger partial charge in [0.1, 0.15) is 10.7 Å².